The Labute approximate surface area is 173 Å². The molecule has 8 heteroatoms. The van der Waals surface area contributed by atoms with Crippen molar-refractivity contribution in [3.05, 3.63) is 34.7 Å². The minimum Gasteiger partial charge on any atom is -0.480 e. The summed E-state index contributed by atoms with van der Waals surface area (Å²) in [7, 11) is 0. The van der Waals surface area contributed by atoms with E-state index in [4.69, 9.17) is 5.11 Å². The topological polar surface area (TPSA) is 95.0 Å². The number of carbonyl (C=O) groups is 4. The van der Waals surface area contributed by atoms with Crippen LogP contribution in [0, 0.1) is 0 Å². The van der Waals surface area contributed by atoms with Gasteiger partial charge >= 0.3 is 5.97 Å². The monoisotopic (exact) mass is 416 g/mol. The van der Waals surface area contributed by atoms with Crippen molar-refractivity contribution in [1.29, 1.82) is 0 Å². The number of carboxylic acid groups (broad SMARTS) is 1. The van der Waals surface area contributed by atoms with Gasteiger partial charge in [0, 0.05) is 12.1 Å². The normalized spacial score (nSPS) is 18.7. The lowest BCUT2D eigenvalue weighted by atomic mass is 10.1. The molecule has 7 nitrogen and oxygen atoms in total. The molecule has 2 aliphatic rings. The van der Waals surface area contributed by atoms with Crippen LogP contribution in [0.15, 0.2) is 29.2 Å². The number of hydrogen-bond donors (Lipinski definition) is 1. The quantitative estimate of drug-likeness (QED) is 0.485. The molecule has 0 saturated carbocycles. The Kier molecular flexibility index (Phi) is 6.74. The van der Waals surface area contributed by atoms with Gasteiger partial charge in [0.25, 0.3) is 17.1 Å². The van der Waals surface area contributed by atoms with Crippen molar-refractivity contribution in [1.82, 2.24) is 4.90 Å². The Hall–Kier alpha value is -2.61. The second-order valence-electron chi connectivity index (χ2n) is 7.10. The highest BCUT2D eigenvalue weighted by Crippen LogP contribution is 2.44. The molecule has 0 bridgehead atoms. The molecule has 1 aromatic rings. The van der Waals surface area contributed by atoms with E-state index in [0.717, 1.165) is 24.9 Å². The Morgan fingerprint density at radius 3 is 2.38 bits per heavy atom. The maximum atomic E-state index is 13.2. The molecule has 3 amide bonds. The number of hydrogen-bond acceptors (Lipinski definition) is 5. The van der Waals surface area contributed by atoms with Crippen molar-refractivity contribution >= 4 is 46.0 Å². The van der Waals surface area contributed by atoms with Gasteiger partial charge in [-0.3, -0.25) is 24.1 Å². The molecule has 29 heavy (non-hydrogen) atoms. The number of nitrogens with zero attached hydrogens (tertiary/aromatic N) is 2. The number of para-hydroxylation sites is 1. The largest absolute Gasteiger partial charge is 0.480 e. The summed E-state index contributed by atoms with van der Waals surface area (Å²) in [5, 5.41) is 8.27. The lowest BCUT2D eigenvalue weighted by molar-refractivity contribution is -0.140. The van der Waals surface area contributed by atoms with Crippen LogP contribution in [0.3, 0.4) is 0 Å². The highest BCUT2D eigenvalue weighted by molar-refractivity contribution is 8.18. The van der Waals surface area contributed by atoms with E-state index in [0.29, 0.717) is 28.8 Å². The first-order chi connectivity index (χ1) is 14.0. The number of rotatable bonds is 9. The van der Waals surface area contributed by atoms with Crippen LogP contribution in [-0.4, -0.2) is 46.1 Å². The van der Waals surface area contributed by atoms with Crippen molar-refractivity contribution in [2.75, 3.05) is 18.0 Å². The summed E-state index contributed by atoms with van der Waals surface area (Å²) in [6.07, 6.45) is 6.58. The van der Waals surface area contributed by atoms with E-state index in [9.17, 15) is 19.2 Å². The second kappa shape index (κ2) is 9.26. The van der Waals surface area contributed by atoms with Crippen molar-refractivity contribution < 1.29 is 24.3 Å². The second-order valence-corrected chi connectivity index (χ2v) is 8.06. The van der Waals surface area contributed by atoms with Crippen LogP contribution in [0.1, 0.15) is 51.0 Å². The summed E-state index contributed by atoms with van der Waals surface area (Å²) in [5.41, 5.74) is 1.54. The Morgan fingerprint density at radius 2 is 1.66 bits per heavy atom. The van der Waals surface area contributed by atoms with Crippen molar-refractivity contribution in [3.63, 3.8) is 0 Å². The van der Waals surface area contributed by atoms with E-state index < -0.39 is 23.7 Å². The number of carbonyl (C=O) groups excluding carboxylic acids is 3. The zero-order valence-corrected chi connectivity index (χ0v) is 17.2. The Morgan fingerprint density at radius 1 is 0.966 bits per heavy atom. The fraction of sp³-hybridized carbons (Fsp3) is 0.429. The fourth-order valence-electron chi connectivity index (χ4n) is 3.59. The van der Waals surface area contributed by atoms with Gasteiger partial charge in [-0.1, -0.05) is 57.2 Å². The lowest BCUT2D eigenvalue weighted by Crippen LogP contribution is -2.34. The number of carboxylic acids is 1. The van der Waals surface area contributed by atoms with Gasteiger partial charge < -0.3 is 10.0 Å². The highest BCUT2D eigenvalue weighted by atomic mass is 32.2. The fourth-order valence-corrected chi connectivity index (χ4v) is 4.52. The van der Waals surface area contributed by atoms with E-state index >= 15 is 0 Å². The molecule has 1 fully saturated rings. The number of unbranched alkanes of at least 4 members (excludes halogenated alkanes) is 5. The zero-order chi connectivity index (χ0) is 21.0. The SMILES string of the molecule is CCCCCCCCN1C(=O)/C(=C2\SC(=O)N(CC(=O)O)C2=O)c2ccccc21. The third-order valence-corrected chi connectivity index (χ3v) is 6.01. The van der Waals surface area contributed by atoms with Crippen molar-refractivity contribution in [3.8, 4) is 0 Å². The number of imide groups is 1. The zero-order valence-electron chi connectivity index (χ0n) is 16.3. The Balaban J connectivity index is 1.83. The molecule has 2 heterocycles. The molecular weight excluding hydrogens is 392 g/mol. The molecule has 1 saturated heterocycles. The summed E-state index contributed by atoms with van der Waals surface area (Å²) in [6.45, 7) is 2.00. The van der Waals surface area contributed by atoms with Gasteiger partial charge in [0.15, 0.2) is 0 Å². The maximum absolute atomic E-state index is 13.2. The molecule has 2 aliphatic heterocycles. The smallest absolute Gasteiger partial charge is 0.323 e. The van der Waals surface area contributed by atoms with Crippen LogP contribution in [-0.2, 0) is 14.4 Å². The molecule has 1 N–H and O–H groups in total. The standard InChI is InChI=1S/C21H24N2O5S/c1-2-3-4-5-6-9-12-22-15-11-8-7-10-14(15)17(19(22)26)18-20(27)23(13-16(24)25)21(28)29-18/h7-8,10-11H,2-6,9,12-13H2,1H3,(H,24,25)/b18-17-. The van der Waals surface area contributed by atoms with Gasteiger partial charge in [-0.15, -0.1) is 0 Å². The lowest BCUT2D eigenvalue weighted by Gasteiger charge is -2.17. The number of aliphatic carboxylic acids is 1. The molecule has 0 aromatic heterocycles. The van der Waals surface area contributed by atoms with Gasteiger partial charge in [-0.05, 0) is 24.2 Å². The van der Waals surface area contributed by atoms with Crippen molar-refractivity contribution in [2.24, 2.45) is 0 Å². The summed E-state index contributed by atoms with van der Waals surface area (Å²) in [6, 6.07) is 7.20. The van der Waals surface area contributed by atoms with E-state index in [1.54, 1.807) is 17.0 Å². The molecule has 0 spiro atoms. The summed E-state index contributed by atoms with van der Waals surface area (Å²) < 4.78 is 0. The Bertz CT molecular complexity index is 880. The molecule has 1 aromatic carbocycles. The average Bonchev–Trinajstić information content (AvgIpc) is 3.12. The van der Waals surface area contributed by atoms with E-state index in [2.05, 4.69) is 6.92 Å². The molecular formula is C21H24N2O5S. The molecule has 3 rings (SSSR count). The first-order valence-electron chi connectivity index (χ1n) is 9.86. The van der Waals surface area contributed by atoms with Gasteiger partial charge in [0.2, 0.25) is 0 Å². The summed E-state index contributed by atoms with van der Waals surface area (Å²) in [4.78, 5) is 51.2. The number of fused-ring (bicyclic) bond motifs is 1. The predicted octanol–water partition coefficient (Wildman–Crippen LogP) is 3.88. The van der Waals surface area contributed by atoms with Gasteiger partial charge in [0.05, 0.1) is 16.2 Å². The van der Waals surface area contributed by atoms with Crippen LogP contribution in [0.2, 0.25) is 0 Å². The minimum atomic E-state index is -1.28. The molecule has 0 radical (unpaired) electrons. The molecule has 0 aliphatic carbocycles. The van der Waals surface area contributed by atoms with Crippen molar-refractivity contribution in [2.45, 2.75) is 45.4 Å². The minimum absolute atomic E-state index is 0.0131. The average molecular weight is 416 g/mol. The van der Waals surface area contributed by atoms with Gasteiger partial charge in [-0.2, -0.15) is 0 Å². The van der Waals surface area contributed by atoms with Crippen LogP contribution in [0.4, 0.5) is 10.5 Å². The first kappa shape index (κ1) is 21.1. The number of amides is 3. The maximum Gasteiger partial charge on any atom is 0.323 e. The van der Waals surface area contributed by atoms with Gasteiger partial charge in [0.1, 0.15) is 6.54 Å². The summed E-state index contributed by atoms with van der Waals surface area (Å²) in [5.74, 6) is -2.30. The number of thioether (sulfide) groups is 1. The molecule has 154 valence electrons. The third-order valence-electron chi connectivity index (χ3n) is 5.03. The van der Waals surface area contributed by atoms with Crippen LogP contribution < -0.4 is 4.90 Å². The van der Waals surface area contributed by atoms with Crippen LogP contribution >= 0.6 is 11.8 Å². The predicted molar refractivity (Wildman–Crippen MR) is 111 cm³/mol. The van der Waals surface area contributed by atoms with Crippen LogP contribution in [0.5, 0.6) is 0 Å². The highest BCUT2D eigenvalue weighted by Gasteiger charge is 2.43. The molecule has 0 unspecified atom stereocenters. The summed E-state index contributed by atoms with van der Waals surface area (Å²) >= 11 is 0.634. The van der Waals surface area contributed by atoms with E-state index in [-0.39, 0.29) is 16.4 Å². The van der Waals surface area contributed by atoms with Gasteiger partial charge in [-0.25, -0.2) is 0 Å². The molecule has 0 atom stereocenters. The number of benzene rings is 1. The van der Waals surface area contributed by atoms with E-state index in [1.807, 2.05) is 12.1 Å². The number of anilines is 1. The third kappa shape index (κ3) is 4.37. The van der Waals surface area contributed by atoms with E-state index in [1.165, 1.54) is 19.3 Å². The van der Waals surface area contributed by atoms with Crippen LogP contribution in [0.25, 0.3) is 5.57 Å². The first-order valence-corrected chi connectivity index (χ1v) is 10.7.